The van der Waals surface area contributed by atoms with Crippen molar-refractivity contribution in [3.8, 4) is 11.5 Å². The Hall–Kier alpha value is -2.27. The van der Waals surface area contributed by atoms with E-state index in [-0.39, 0.29) is 12.4 Å². The van der Waals surface area contributed by atoms with E-state index in [4.69, 9.17) is 32.7 Å². The smallest absolute Gasteiger partial charge is 0.163 e. The summed E-state index contributed by atoms with van der Waals surface area (Å²) in [5.74, 6) is 0.736. The zero-order valence-corrected chi connectivity index (χ0v) is 17.6. The van der Waals surface area contributed by atoms with Crippen molar-refractivity contribution in [2.24, 2.45) is 0 Å². The largest absolute Gasteiger partial charge is 0.490 e. The van der Waals surface area contributed by atoms with Gasteiger partial charge in [0.2, 0.25) is 0 Å². The number of ether oxygens (including phenoxy) is 2. The van der Waals surface area contributed by atoms with Crippen LogP contribution in [0.2, 0.25) is 10.0 Å². The Morgan fingerprint density at radius 3 is 2.28 bits per heavy atom. The van der Waals surface area contributed by atoms with Gasteiger partial charge in [0.25, 0.3) is 0 Å². The number of benzene rings is 3. The minimum atomic E-state index is -0.385. The van der Waals surface area contributed by atoms with E-state index in [9.17, 15) is 4.39 Å². The molecule has 152 valence electrons. The Morgan fingerprint density at radius 2 is 1.55 bits per heavy atom. The average molecular weight is 434 g/mol. The van der Waals surface area contributed by atoms with Crippen LogP contribution in [0.15, 0.2) is 60.7 Å². The lowest BCUT2D eigenvalue weighted by Gasteiger charge is -2.16. The van der Waals surface area contributed by atoms with Gasteiger partial charge < -0.3 is 14.8 Å². The summed E-state index contributed by atoms with van der Waals surface area (Å²) in [5.41, 5.74) is 2.79. The monoisotopic (exact) mass is 433 g/mol. The first-order chi connectivity index (χ1) is 14.1. The summed E-state index contributed by atoms with van der Waals surface area (Å²) in [4.78, 5) is 0. The van der Waals surface area contributed by atoms with Gasteiger partial charge in [-0.3, -0.25) is 0 Å². The molecule has 3 aromatic carbocycles. The fourth-order valence-corrected chi connectivity index (χ4v) is 3.27. The second kappa shape index (κ2) is 10.5. The van der Waals surface area contributed by atoms with Crippen LogP contribution in [0.3, 0.4) is 0 Å². The highest BCUT2D eigenvalue weighted by Gasteiger charge is 2.12. The van der Waals surface area contributed by atoms with E-state index >= 15 is 0 Å². The van der Waals surface area contributed by atoms with E-state index in [2.05, 4.69) is 17.4 Å². The van der Waals surface area contributed by atoms with Crippen LogP contribution in [0.5, 0.6) is 11.5 Å². The zero-order valence-electron chi connectivity index (χ0n) is 16.1. The molecular formula is C23H22Cl2FNO2. The summed E-state index contributed by atoms with van der Waals surface area (Å²) < 4.78 is 24.8. The van der Waals surface area contributed by atoms with Crippen molar-refractivity contribution < 1.29 is 13.9 Å². The second-order valence-electron chi connectivity index (χ2n) is 6.44. The Bertz CT molecular complexity index is 951. The first-order valence-electron chi connectivity index (χ1n) is 9.33. The molecule has 29 heavy (non-hydrogen) atoms. The van der Waals surface area contributed by atoms with Crippen molar-refractivity contribution in [2.75, 3.05) is 6.61 Å². The standard InChI is InChI=1S/C23H22Cl2FNO2/c1-2-28-22-10-18(14-27-13-16-6-4-3-5-7-16)21(25)12-23(22)29-15-17-8-9-19(26)11-20(17)24/h3-12,27H,2,13-15H2,1H3. The molecule has 1 N–H and O–H groups in total. The lowest BCUT2D eigenvalue weighted by Crippen LogP contribution is -2.13. The van der Waals surface area contributed by atoms with Crippen LogP contribution in [-0.4, -0.2) is 6.61 Å². The molecule has 0 saturated heterocycles. The summed E-state index contributed by atoms with van der Waals surface area (Å²) in [6, 6.07) is 18.0. The fourth-order valence-electron chi connectivity index (χ4n) is 2.83. The average Bonchev–Trinajstić information content (AvgIpc) is 2.71. The maximum absolute atomic E-state index is 13.2. The van der Waals surface area contributed by atoms with Gasteiger partial charge in [0.15, 0.2) is 11.5 Å². The summed E-state index contributed by atoms with van der Waals surface area (Å²) in [6.07, 6.45) is 0. The molecule has 3 aromatic rings. The normalized spacial score (nSPS) is 10.8. The third-order valence-electron chi connectivity index (χ3n) is 4.30. The van der Waals surface area contributed by atoms with E-state index in [1.165, 1.54) is 17.7 Å². The molecule has 0 fully saturated rings. The molecule has 6 heteroatoms. The minimum Gasteiger partial charge on any atom is -0.490 e. The Labute approximate surface area is 180 Å². The zero-order chi connectivity index (χ0) is 20.6. The third-order valence-corrected chi connectivity index (χ3v) is 5.00. The summed E-state index contributed by atoms with van der Waals surface area (Å²) in [6.45, 7) is 3.91. The van der Waals surface area contributed by atoms with Crippen LogP contribution >= 0.6 is 23.2 Å². The highest BCUT2D eigenvalue weighted by molar-refractivity contribution is 6.31. The first-order valence-corrected chi connectivity index (χ1v) is 10.1. The van der Waals surface area contributed by atoms with Crippen LogP contribution in [0.25, 0.3) is 0 Å². The van der Waals surface area contributed by atoms with Crippen molar-refractivity contribution in [3.05, 3.63) is 93.2 Å². The van der Waals surface area contributed by atoms with Crippen molar-refractivity contribution in [1.82, 2.24) is 5.32 Å². The molecule has 0 saturated carbocycles. The van der Waals surface area contributed by atoms with E-state index in [0.29, 0.717) is 40.3 Å². The maximum atomic E-state index is 13.2. The Balaban J connectivity index is 1.69. The minimum absolute atomic E-state index is 0.182. The van der Waals surface area contributed by atoms with Crippen molar-refractivity contribution >= 4 is 23.2 Å². The molecule has 3 rings (SSSR count). The SMILES string of the molecule is CCOc1cc(CNCc2ccccc2)c(Cl)cc1OCc1ccc(F)cc1Cl. The lowest BCUT2D eigenvalue weighted by molar-refractivity contribution is 0.269. The first kappa shape index (κ1) is 21.4. The Kier molecular flexibility index (Phi) is 7.76. The summed E-state index contributed by atoms with van der Waals surface area (Å²) in [5, 5.41) is 4.28. The van der Waals surface area contributed by atoms with Crippen molar-refractivity contribution in [1.29, 1.82) is 0 Å². The molecule has 0 aliphatic carbocycles. The number of rotatable bonds is 9. The fraction of sp³-hybridized carbons (Fsp3) is 0.217. The number of hydrogen-bond donors (Lipinski definition) is 1. The highest BCUT2D eigenvalue weighted by Crippen LogP contribution is 2.34. The predicted octanol–water partition coefficient (Wildman–Crippen LogP) is 6.40. The molecular weight excluding hydrogens is 412 g/mol. The topological polar surface area (TPSA) is 30.5 Å². The van der Waals surface area contributed by atoms with Crippen LogP contribution in [0.4, 0.5) is 4.39 Å². The number of hydrogen-bond acceptors (Lipinski definition) is 3. The van der Waals surface area contributed by atoms with E-state index in [0.717, 1.165) is 12.1 Å². The molecule has 0 radical (unpaired) electrons. The molecule has 0 amide bonds. The van der Waals surface area contributed by atoms with E-state index < -0.39 is 0 Å². The molecule has 0 bridgehead atoms. The second-order valence-corrected chi connectivity index (χ2v) is 7.25. The van der Waals surface area contributed by atoms with Gasteiger partial charge in [0, 0.05) is 29.7 Å². The van der Waals surface area contributed by atoms with Gasteiger partial charge in [-0.25, -0.2) is 4.39 Å². The quantitative estimate of drug-likeness (QED) is 0.423. The van der Waals surface area contributed by atoms with Gasteiger partial charge in [0.1, 0.15) is 12.4 Å². The molecule has 0 aliphatic rings. The van der Waals surface area contributed by atoms with E-state index in [1.54, 1.807) is 12.1 Å². The molecule has 0 aromatic heterocycles. The summed E-state index contributed by atoms with van der Waals surface area (Å²) in [7, 11) is 0. The van der Waals surface area contributed by atoms with E-state index in [1.807, 2.05) is 31.2 Å². The molecule has 0 unspecified atom stereocenters. The molecule has 0 aliphatic heterocycles. The van der Waals surface area contributed by atoms with Crippen LogP contribution in [0.1, 0.15) is 23.6 Å². The lowest BCUT2D eigenvalue weighted by atomic mass is 10.1. The van der Waals surface area contributed by atoms with Crippen molar-refractivity contribution in [2.45, 2.75) is 26.6 Å². The summed E-state index contributed by atoms with van der Waals surface area (Å²) >= 11 is 12.5. The van der Waals surface area contributed by atoms with Gasteiger partial charge in [-0.2, -0.15) is 0 Å². The third kappa shape index (κ3) is 6.10. The van der Waals surface area contributed by atoms with Gasteiger partial charge in [-0.1, -0.05) is 59.6 Å². The van der Waals surface area contributed by atoms with Gasteiger partial charge in [-0.15, -0.1) is 0 Å². The molecule has 3 nitrogen and oxygen atoms in total. The van der Waals surface area contributed by atoms with Gasteiger partial charge in [-0.05, 0) is 36.2 Å². The Morgan fingerprint density at radius 1 is 0.828 bits per heavy atom. The van der Waals surface area contributed by atoms with Gasteiger partial charge in [0.05, 0.1) is 11.6 Å². The maximum Gasteiger partial charge on any atom is 0.163 e. The number of halogens is 3. The van der Waals surface area contributed by atoms with Crippen LogP contribution in [0, 0.1) is 5.82 Å². The van der Waals surface area contributed by atoms with Crippen LogP contribution < -0.4 is 14.8 Å². The number of nitrogens with one attached hydrogen (secondary N) is 1. The molecule has 0 spiro atoms. The highest BCUT2D eigenvalue weighted by atomic mass is 35.5. The van der Waals surface area contributed by atoms with Gasteiger partial charge >= 0.3 is 0 Å². The molecule has 0 heterocycles. The van der Waals surface area contributed by atoms with Crippen molar-refractivity contribution in [3.63, 3.8) is 0 Å². The van der Waals surface area contributed by atoms with Crippen LogP contribution in [-0.2, 0) is 19.7 Å². The predicted molar refractivity (Wildman–Crippen MR) is 115 cm³/mol. The molecule has 0 atom stereocenters.